The number of H-pyrrole nitrogens is 2. The zero-order valence-corrected chi connectivity index (χ0v) is 32.6. The number of carbonyl (C=O) groups is 1. The minimum absolute atomic E-state index is 0.194. The molecule has 0 spiro atoms. The van der Waals surface area contributed by atoms with Gasteiger partial charge in [0.05, 0.1) is 22.7 Å². The number of hydrogen-bond acceptors (Lipinski definition) is 6. The van der Waals surface area contributed by atoms with Gasteiger partial charge in [-0.1, -0.05) is 42.0 Å². The molecule has 0 saturated carbocycles. The van der Waals surface area contributed by atoms with Crippen LogP contribution in [0.15, 0.2) is 160 Å². The molecular weight excluding hydrogens is 741 g/mol. The van der Waals surface area contributed by atoms with E-state index >= 15 is 0 Å². The standard InChI is InChI=1S/C45H39Cl2N7O2/c1-52-22-15-29(16-23-52)41-34-9-8-33(48-34)40(28-4-6-31(7-5-28)43(55)56)37-12-13-39(50-37)45(47,32-19-26-54(3)27-20-32)44(46)21-14-38(51-44)42(36-11-10-35(41)49-36)30-17-24-53(2)25-18-30/h4-22,24,26,49-50H,23,25,27H2,1-3H3,(H,55,56). The second-order valence-electron chi connectivity index (χ2n) is 14.7. The minimum Gasteiger partial charge on any atom is -0.478 e. The topological polar surface area (TPSA) is 103 Å². The molecule has 56 heavy (non-hydrogen) atoms. The quantitative estimate of drug-likeness (QED) is 0.207. The number of likely N-dealkylation sites (N-methyl/N-ethyl adjacent to an activating group) is 3. The molecule has 1 aromatic carbocycles. The zero-order valence-electron chi connectivity index (χ0n) is 31.1. The van der Waals surface area contributed by atoms with Crippen molar-refractivity contribution in [1.82, 2.24) is 24.7 Å². The van der Waals surface area contributed by atoms with E-state index in [2.05, 4.69) is 79.6 Å². The Morgan fingerprint density at radius 2 is 1.32 bits per heavy atom. The van der Waals surface area contributed by atoms with Crippen LogP contribution >= 0.6 is 23.2 Å². The first-order valence-electron chi connectivity index (χ1n) is 18.4. The molecule has 11 heteroatoms. The van der Waals surface area contributed by atoms with Gasteiger partial charge < -0.3 is 29.8 Å². The number of carboxylic acids is 1. The number of carboxylic acid groups (broad SMARTS) is 1. The van der Waals surface area contributed by atoms with Crippen LogP contribution in [-0.4, -0.2) is 92.9 Å². The fourth-order valence-electron chi connectivity index (χ4n) is 7.85. The Morgan fingerprint density at radius 1 is 0.696 bits per heavy atom. The lowest BCUT2D eigenvalue weighted by Gasteiger charge is -2.39. The van der Waals surface area contributed by atoms with E-state index in [0.29, 0.717) is 23.6 Å². The van der Waals surface area contributed by atoms with E-state index in [-0.39, 0.29) is 5.56 Å². The van der Waals surface area contributed by atoms with Crippen LogP contribution in [0.5, 0.6) is 0 Å². The predicted octanol–water partition coefficient (Wildman–Crippen LogP) is 6.36. The Morgan fingerprint density at radius 3 is 1.91 bits per heavy atom. The lowest BCUT2D eigenvalue weighted by atomic mass is 9.85. The maximum absolute atomic E-state index is 11.9. The zero-order chi connectivity index (χ0) is 38.8. The third kappa shape index (κ3) is 5.99. The lowest BCUT2D eigenvalue weighted by Crippen LogP contribution is -2.42. The first-order valence-corrected chi connectivity index (χ1v) is 19.2. The Labute approximate surface area is 334 Å². The van der Waals surface area contributed by atoms with Crippen molar-refractivity contribution in [3.05, 3.63) is 184 Å². The van der Waals surface area contributed by atoms with E-state index in [1.165, 1.54) is 0 Å². The summed E-state index contributed by atoms with van der Waals surface area (Å²) in [4.78, 5) is 33.5. The molecule has 2 unspecified atom stereocenters. The molecule has 9 rings (SSSR count). The number of aromatic carboxylic acids is 1. The smallest absolute Gasteiger partial charge is 0.335 e. The van der Waals surface area contributed by atoms with Gasteiger partial charge in [-0.05, 0) is 120 Å². The van der Waals surface area contributed by atoms with Crippen molar-refractivity contribution in [2.75, 3.05) is 40.8 Å². The molecule has 2 aromatic heterocycles. The highest BCUT2D eigenvalue weighted by Crippen LogP contribution is 2.54. The predicted molar refractivity (Wildman–Crippen MR) is 226 cm³/mol. The molecule has 0 aliphatic carbocycles. The number of aliphatic imine (C=N–C) groups is 2. The van der Waals surface area contributed by atoms with Crippen LogP contribution in [0.4, 0.5) is 0 Å². The summed E-state index contributed by atoms with van der Waals surface area (Å²) in [6.07, 6.45) is 26.8. The first-order chi connectivity index (χ1) is 27.0. The average molecular weight is 781 g/mol. The second-order valence-corrected chi connectivity index (χ2v) is 15.8. The van der Waals surface area contributed by atoms with Crippen LogP contribution in [0, 0.1) is 0 Å². The van der Waals surface area contributed by atoms with Gasteiger partial charge in [0.15, 0.2) is 9.87 Å². The van der Waals surface area contributed by atoms with E-state index in [9.17, 15) is 9.90 Å². The van der Waals surface area contributed by atoms with Gasteiger partial charge in [0.25, 0.3) is 0 Å². The molecule has 6 aliphatic rings. The highest BCUT2D eigenvalue weighted by atomic mass is 35.5. The molecule has 0 fully saturated rings. The number of benzene rings is 1. The third-order valence-electron chi connectivity index (χ3n) is 10.9. The van der Waals surface area contributed by atoms with Crippen LogP contribution in [0.25, 0.3) is 16.7 Å². The normalized spacial score (nSPS) is 24.2. The van der Waals surface area contributed by atoms with Gasteiger partial charge in [0.2, 0.25) is 0 Å². The van der Waals surface area contributed by atoms with Crippen LogP contribution in [0.1, 0.15) is 27.3 Å². The number of nitrogens with zero attached hydrogens (tertiary/aromatic N) is 5. The molecule has 3 N–H and O–H groups in total. The summed E-state index contributed by atoms with van der Waals surface area (Å²) >= 11 is 15.8. The van der Waals surface area contributed by atoms with Crippen molar-refractivity contribution in [3.63, 3.8) is 0 Å². The van der Waals surface area contributed by atoms with Gasteiger partial charge in [-0.2, -0.15) is 0 Å². The van der Waals surface area contributed by atoms with E-state index in [1.807, 2.05) is 82.0 Å². The average Bonchev–Trinajstić information content (AvgIpc) is 4.03. The van der Waals surface area contributed by atoms with Crippen molar-refractivity contribution < 1.29 is 9.90 Å². The number of fused-ring (bicyclic) bond motifs is 6. The van der Waals surface area contributed by atoms with Gasteiger partial charge >= 0.3 is 5.97 Å². The summed E-state index contributed by atoms with van der Waals surface area (Å²) in [6.45, 7) is 2.13. The number of aromatic amines is 2. The van der Waals surface area contributed by atoms with Crippen LogP contribution < -0.4 is 10.7 Å². The Bertz CT molecular complexity index is 2680. The monoisotopic (exact) mass is 779 g/mol. The molecule has 8 heterocycles. The largest absolute Gasteiger partial charge is 0.478 e. The fourth-order valence-corrected chi connectivity index (χ4v) is 8.57. The van der Waals surface area contributed by atoms with Gasteiger partial charge in [0.1, 0.15) is 0 Å². The number of nitrogens with one attached hydrogen (secondary N) is 2. The number of allylic oxidation sites excluding steroid dienone is 8. The third-order valence-corrected chi connectivity index (χ3v) is 12.2. The molecule has 2 atom stereocenters. The van der Waals surface area contributed by atoms with Crippen molar-refractivity contribution in [1.29, 1.82) is 0 Å². The summed E-state index contributed by atoms with van der Waals surface area (Å²) in [5, 5.41) is 11.5. The lowest BCUT2D eigenvalue weighted by molar-refractivity contribution is 0.0697. The second kappa shape index (κ2) is 13.6. The molecule has 6 aliphatic heterocycles. The summed E-state index contributed by atoms with van der Waals surface area (Å²) in [5.41, 5.74) is 10.1. The number of alkyl halides is 2. The fraction of sp³-hybridized carbons (Fsp3) is 0.178. The maximum atomic E-state index is 11.9. The van der Waals surface area contributed by atoms with Crippen LogP contribution in [0.3, 0.4) is 0 Å². The van der Waals surface area contributed by atoms with E-state index in [1.54, 1.807) is 12.1 Å². The van der Waals surface area contributed by atoms with Crippen molar-refractivity contribution in [2.45, 2.75) is 9.87 Å². The summed E-state index contributed by atoms with van der Waals surface area (Å²) in [7, 11) is 6.10. The molecule has 0 saturated heterocycles. The maximum Gasteiger partial charge on any atom is 0.335 e. The molecule has 0 amide bonds. The summed E-state index contributed by atoms with van der Waals surface area (Å²) in [6, 6.07) is 15.0. The Kier molecular flexibility index (Phi) is 8.67. The summed E-state index contributed by atoms with van der Waals surface area (Å²) < 4.78 is 0. The Balaban J connectivity index is 1.37. The Hall–Kier alpha value is -6.03. The van der Waals surface area contributed by atoms with Gasteiger partial charge in [-0.15, -0.1) is 11.6 Å². The van der Waals surface area contributed by atoms with Gasteiger partial charge in [0, 0.05) is 79.6 Å². The first kappa shape index (κ1) is 35.7. The van der Waals surface area contributed by atoms with Crippen LogP contribution in [-0.2, 0) is 4.87 Å². The molecule has 0 radical (unpaired) electrons. The van der Waals surface area contributed by atoms with Gasteiger partial charge in [-0.25, -0.2) is 9.79 Å². The van der Waals surface area contributed by atoms with Crippen molar-refractivity contribution in [3.8, 4) is 0 Å². The molecule has 280 valence electrons. The van der Waals surface area contributed by atoms with E-state index in [4.69, 9.17) is 33.2 Å². The highest BCUT2D eigenvalue weighted by molar-refractivity contribution is 6.41. The summed E-state index contributed by atoms with van der Waals surface area (Å²) in [5.74, 6) is -0.994. The number of hydrogen-bond donors (Lipinski definition) is 3. The van der Waals surface area contributed by atoms with Crippen molar-refractivity contribution >= 4 is 57.3 Å². The number of rotatable bonds is 5. The van der Waals surface area contributed by atoms with Crippen molar-refractivity contribution in [2.24, 2.45) is 9.98 Å². The molecule has 9 nitrogen and oxygen atoms in total. The van der Waals surface area contributed by atoms with Gasteiger partial charge in [-0.3, -0.25) is 4.99 Å². The SMILES string of the molecule is CN1C=CC(C2=c3ccc([nH]3)=C(C3=CCN(C)C=C3)C3=NC(Cl)(C=C3)C(Cl)(C3=CCN(C)C=C3)c3ccc([nH]3)C(c3ccc(C(=O)O)cc3)=C3C=CC2=N3)=CC1. The number of aromatic nitrogens is 2. The number of halogens is 2. The molecular formula is C45H39Cl2N7O2. The molecule has 3 aromatic rings. The minimum atomic E-state index is -1.44. The van der Waals surface area contributed by atoms with E-state index < -0.39 is 15.8 Å². The van der Waals surface area contributed by atoms with Crippen LogP contribution in [0.2, 0.25) is 0 Å². The van der Waals surface area contributed by atoms with E-state index in [0.717, 1.165) is 74.2 Å². The highest BCUT2D eigenvalue weighted by Gasteiger charge is 2.54. The molecule has 8 bridgehead atoms.